The lowest BCUT2D eigenvalue weighted by Crippen LogP contribution is -2.41. The van der Waals surface area contributed by atoms with Crippen molar-refractivity contribution in [2.45, 2.75) is 72.3 Å². The van der Waals surface area contributed by atoms with Crippen molar-refractivity contribution in [1.29, 1.82) is 0 Å². The van der Waals surface area contributed by atoms with Crippen LogP contribution in [0.2, 0.25) is 0 Å². The first-order valence-corrected chi connectivity index (χ1v) is 7.61. The number of rotatable bonds is 11. The minimum absolute atomic E-state index is 0.184. The molecule has 0 aromatic heterocycles. The molecule has 0 rings (SSSR count). The average molecular weight is 257 g/mol. The van der Waals surface area contributed by atoms with Gasteiger partial charge in [-0.3, -0.25) is 4.79 Å². The number of ether oxygens (including phenoxy) is 1. The van der Waals surface area contributed by atoms with Gasteiger partial charge in [0.15, 0.2) is 0 Å². The van der Waals surface area contributed by atoms with E-state index in [1.54, 1.807) is 0 Å². The molecule has 1 amide bonds. The smallest absolute Gasteiger partial charge is 0.251 e. The van der Waals surface area contributed by atoms with E-state index in [2.05, 4.69) is 20.8 Å². The second-order valence-corrected chi connectivity index (χ2v) is 4.80. The molecule has 18 heavy (non-hydrogen) atoms. The first-order valence-electron chi connectivity index (χ1n) is 7.61. The molecule has 0 aliphatic carbocycles. The highest BCUT2D eigenvalue weighted by Gasteiger charge is 2.22. The van der Waals surface area contributed by atoms with Crippen molar-refractivity contribution < 1.29 is 9.53 Å². The second-order valence-electron chi connectivity index (χ2n) is 4.80. The van der Waals surface area contributed by atoms with Crippen LogP contribution in [0.4, 0.5) is 0 Å². The molecular weight excluding hydrogens is 226 g/mol. The molecule has 1 unspecified atom stereocenters. The van der Waals surface area contributed by atoms with Crippen molar-refractivity contribution >= 4 is 5.91 Å². The molecule has 0 N–H and O–H groups in total. The van der Waals surface area contributed by atoms with Gasteiger partial charge in [-0.1, -0.05) is 40.5 Å². The molecule has 0 aliphatic rings. The first kappa shape index (κ1) is 17.4. The Kier molecular flexibility index (Phi) is 11.2. The molecule has 0 aliphatic heterocycles. The van der Waals surface area contributed by atoms with Crippen LogP contribution in [-0.2, 0) is 9.53 Å². The van der Waals surface area contributed by atoms with E-state index in [-0.39, 0.29) is 12.0 Å². The summed E-state index contributed by atoms with van der Waals surface area (Å²) in [5.74, 6) is 0.184. The molecule has 108 valence electrons. The van der Waals surface area contributed by atoms with E-state index >= 15 is 0 Å². The maximum atomic E-state index is 12.4. The molecule has 0 aromatic rings. The third-order valence-corrected chi connectivity index (χ3v) is 3.01. The van der Waals surface area contributed by atoms with Crippen molar-refractivity contribution in [2.24, 2.45) is 0 Å². The Morgan fingerprint density at radius 1 is 1.00 bits per heavy atom. The van der Waals surface area contributed by atoms with Crippen LogP contribution < -0.4 is 0 Å². The zero-order chi connectivity index (χ0) is 13.8. The molecule has 1 atom stereocenters. The third kappa shape index (κ3) is 7.00. The highest BCUT2D eigenvalue weighted by molar-refractivity contribution is 5.80. The number of nitrogens with zero attached hydrogens (tertiary/aromatic N) is 1. The van der Waals surface area contributed by atoms with Crippen LogP contribution in [0.3, 0.4) is 0 Å². The zero-order valence-corrected chi connectivity index (χ0v) is 12.7. The van der Waals surface area contributed by atoms with Gasteiger partial charge in [0, 0.05) is 19.7 Å². The number of hydrogen-bond donors (Lipinski definition) is 0. The number of carbonyl (C=O) groups is 1. The van der Waals surface area contributed by atoms with Gasteiger partial charge in [-0.15, -0.1) is 0 Å². The molecule has 0 spiro atoms. The number of unbranched alkanes of at least 4 members (excludes halogenated alkanes) is 2. The molecule has 0 fully saturated rings. The van der Waals surface area contributed by atoms with E-state index in [0.717, 1.165) is 38.8 Å². The Morgan fingerprint density at radius 2 is 1.72 bits per heavy atom. The van der Waals surface area contributed by atoms with Gasteiger partial charge in [-0.2, -0.15) is 0 Å². The number of hydrogen-bond acceptors (Lipinski definition) is 2. The van der Waals surface area contributed by atoms with Gasteiger partial charge in [0.25, 0.3) is 5.91 Å². The molecular formula is C15H31NO2. The van der Waals surface area contributed by atoms with Crippen molar-refractivity contribution in [1.82, 2.24) is 4.90 Å². The van der Waals surface area contributed by atoms with E-state index in [1.165, 1.54) is 12.8 Å². The lowest BCUT2D eigenvalue weighted by Gasteiger charge is -2.26. The minimum Gasteiger partial charge on any atom is -0.368 e. The van der Waals surface area contributed by atoms with Gasteiger partial charge >= 0.3 is 0 Å². The van der Waals surface area contributed by atoms with Gasteiger partial charge in [0.1, 0.15) is 6.10 Å². The van der Waals surface area contributed by atoms with Crippen LogP contribution in [0.1, 0.15) is 66.2 Å². The summed E-state index contributed by atoms with van der Waals surface area (Å²) < 4.78 is 5.64. The third-order valence-electron chi connectivity index (χ3n) is 3.01. The SMILES string of the molecule is CCCCCN(CCC)C(=O)C(CC)OCCC. The first-order chi connectivity index (χ1) is 8.71. The van der Waals surface area contributed by atoms with Crippen LogP contribution in [0.15, 0.2) is 0 Å². The normalized spacial score (nSPS) is 12.4. The quantitative estimate of drug-likeness (QED) is 0.529. The largest absolute Gasteiger partial charge is 0.368 e. The Labute approximate surface area is 113 Å². The summed E-state index contributed by atoms with van der Waals surface area (Å²) in [6.07, 6.45) is 6.00. The molecule has 3 nitrogen and oxygen atoms in total. The molecule has 0 saturated heterocycles. The van der Waals surface area contributed by atoms with Crippen molar-refractivity contribution in [3.05, 3.63) is 0 Å². The zero-order valence-electron chi connectivity index (χ0n) is 12.7. The maximum Gasteiger partial charge on any atom is 0.251 e. The summed E-state index contributed by atoms with van der Waals surface area (Å²) in [4.78, 5) is 14.4. The van der Waals surface area contributed by atoms with Gasteiger partial charge < -0.3 is 9.64 Å². The molecule has 0 radical (unpaired) electrons. The van der Waals surface area contributed by atoms with Gasteiger partial charge in [-0.05, 0) is 25.7 Å². The van der Waals surface area contributed by atoms with Gasteiger partial charge in [-0.25, -0.2) is 0 Å². The predicted octanol–water partition coefficient (Wildman–Crippen LogP) is 3.62. The van der Waals surface area contributed by atoms with E-state index in [9.17, 15) is 4.79 Å². The summed E-state index contributed by atoms with van der Waals surface area (Å²) in [7, 11) is 0. The van der Waals surface area contributed by atoms with Crippen LogP contribution in [0.25, 0.3) is 0 Å². The summed E-state index contributed by atoms with van der Waals surface area (Å²) >= 11 is 0. The fourth-order valence-corrected chi connectivity index (χ4v) is 1.98. The Hall–Kier alpha value is -0.570. The Bertz CT molecular complexity index is 207. The second kappa shape index (κ2) is 11.5. The summed E-state index contributed by atoms with van der Waals surface area (Å²) in [6, 6.07) is 0. The Morgan fingerprint density at radius 3 is 2.22 bits per heavy atom. The van der Waals surface area contributed by atoms with Crippen molar-refractivity contribution in [2.75, 3.05) is 19.7 Å². The van der Waals surface area contributed by atoms with Crippen LogP contribution >= 0.6 is 0 Å². The van der Waals surface area contributed by atoms with Crippen LogP contribution in [0.5, 0.6) is 0 Å². The maximum absolute atomic E-state index is 12.4. The summed E-state index contributed by atoms with van der Waals surface area (Å²) in [5, 5.41) is 0. The van der Waals surface area contributed by atoms with Crippen LogP contribution in [0, 0.1) is 0 Å². The molecule has 0 bridgehead atoms. The van der Waals surface area contributed by atoms with Crippen LogP contribution in [-0.4, -0.2) is 36.6 Å². The number of amides is 1. The van der Waals surface area contributed by atoms with Crippen molar-refractivity contribution in [3.8, 4) is 0 Å². The Balaban J connectivity index is 4.30. The average Bonchev–Trinajstić information content (AvgIpc) is 2.38. The number of carbonyl (C=O) groups excluding carboxylic acids is 1. The summed E-state index contributed by atoms with van der Waals surface area (Å²) in [6.45, 7) is 10.8. The molecule has 0 heterocycles. The fraction of sp³-hybridized carbons (Fsp3) is 0.933. The van der Waals surface area contributed by atoms with E-state index < -0.39 is 0 Å². The molecule has 3 heteroatoms. The van der Waals surface area contributed by atoms with Crippen molar-refractivity contribution in [3.63, 3.8) is 0 Å². The monoisotopic (exact) mass is 257 g/mol. The topological polar surface area (TPSA) is 29.5 Å². The van der Waals surface area contributed by atoms with Gasteiger partial charge in [0.05, 0.1) is 0 Å². The van der Waals surface area contributed by atoms with Gasteiger partial charge in [0.2, 0.25) is 0 Å². The minimum atomic E-state index is -0.238. The lowest BCUT2D eigenvalue weighted by atomic mass is 10.2. The highest BCUT2D eigenvalue weighted by atomic mass is 16.5. The van der Waals surface area contributed by atoms with E-state index in [4.69, 9.17) is 4.74 Å². The molecule has 0 aromatic carbocycles. The molecule has 0 saturated carbocycles. The summed E-state index contributed by atoms with van der Waals surface area (Å²) in [5.41, 5.74) is 0. The van der Waals surface area contributed by atoms with E-state index in [0.29, 0.717) is 6.61 Å². The lowest BCUT2D eigenvalue weighted by molar-refractivity contribution is -0.144. The highest BCUT2D eigenvalue weighted by Crippen LogP contribution is 2.08. The standard InChI is InChI=1S/C15H31NO2/c1-5-9-10-12-16(11-6-2)15(17)14(8-4)18-13-7-3/h14H,5-13H2,1-4H3. The predicted molar refractivity (Wildman–Crippen MR) is 76.7 cm³/mol. The van der Waals surface area contributed by atoms with E-state index in [1.807, 2.05) is 11.8 Å². The fourth-order valence-electron chi connectivity index (χ4n) is 1.98.